The lowest BCUT2D eigenvalue weighted by molar-refractivity contribution is 0.148. The zero-order valence-corrected chi connectivity index (χ0v) is 40.3. The van der Waals surface area contributed by atoms with Gasteiger partial charge in [0.2, 0.25) is 8.32 Å². The molecule has 4 aromatic carbocycles. The second-order valence-corrected chi connectivity index (χ2v) is 35.7. The summed E-state index contributed by atoms with van der Waals surface area (Å²) in [5.41, 5.74) is 6.99. The Morgan fingerprint density at radius 1 is 0.545 bits per heavy atom. The minimum Gasteiger partial charge on any atom is -0.437 e. The Bertz CT molecular complexity index is 1900. The number of H-pyrrole nitrogens is 1. The van der Waals surface area contributed by atoms with Gasteiger partial charge in [0.05, 0.1) is 19.5 Å². The molecule has 1 heterocycles. The molecule has 0 radical (unpaired) electrons. The smallest absolute Gasteiger partial charge is 0.311 e. The van der Waals surface area contributed by atoms with Gasteiger partial charge in [0.25, 0.3) is 0 Å². The molecule has 0 amide bonds. The Labute approximate surface area is 338 Å². The van der Waals surface area contributed by atoms with Crippen LogP contribution in [-0.4, -0.2) is 43.2 Å². The molecule has 1 aromatic heterocycles. The number of benzene rings is 4. The van der Waals surface area contributed by atoms with E-state index in [2.05, 4.69) is 208 Å². The summed E-state index contributed by atoms with van der Waals surface area (Å²) in [7, 11) is -8.35. The van der Waals surface area contributed by atoms with Crippen LogP contribution in [0.5, 0.6) is 0 Å². The maximum absolute atomic E-state index is 7.15. The van der Waals surface area contributed by atoms with Gasteiger partial charge < -0.3 is 13.2 Å². The van der Waals surface area contributed by atoms with Crippen LogP contribution in [0.4, 0.5) is 0 Å². The Morgan fingerprint density at radius 2 is 1.04 bits per heavy atom. The highest BCUT2D eigenvalue weighted by molar-refractivity contribution is 6.94. The fraction of sp³-hybridized carbons (Fsp3) is 0.426. The van der Waals surface area contributed by atoms with Gasteiger partial charge in [-0.25, -0.2) is 4.98 Å². The molecule has 294 valence electrons. The lowest BCUT2D eigenvalue weighted by Crippen LogP contribution is -2.57. The van der Waals surface area contributed by atoms with Crippen molar-refractivity contribution < 1.29 is 8.23 Å². The van der Waals surface area contributed by atoms with Crippen molar-refractivity contribution in [3.05, 3.63) is 115 Å². The Balaban J connectivity index is 1.26. The first kappa shape index (κ1) is 43.0. The van der Waals surface area contributed by atoms with Crippen molar-refractivity contribution in [2.75, 3.05) is 0 Å². The average Bonchev–Trinajstić information content (AvgIpc) is 3.57. The normalized spacial score (nSPS) is 13.3. The van der Waals surface area contributed by atoms with Crippen LogP contribution in [0.15, 0.2) is 109 Å². The number of hydrogen-bond donors (Lipinski definition) is 1. The quantitative estimate of drug-likeness (QED) is 0.101. The maximum atomic E-state index is 7.15. The highest BCUT2D eigenvalue weighted by Gasteiger charge is 2.44. The zero-order valence-electron chi connectivity index (χ0n) is 36.3. The molecule has 0 aliphatic rings. The zero-order chi connectivity index (χ0) is 40.4. The summed E-state index contributed by atoms with van der Waals surface area (Å²) in [5, 5.41) is 2.82. The van der Waals surface area contributed by atoms with Gasteiger partial charge >= 0.3 is 8.56 Å². The van der Waals surface area contributed by atoms with Gasteiger partial charge in [0.15, 0.2) is 8.32 Å². The molecule has 4 nitrogen and oxygen atoms in total. The molecule has 8 heteroatoms. The second-order valence-electron chi connectivity index (χ2n) is 18.9. The van der Waals surface area contributed by atoms with E-state index in [1.165, 1.54) is 22.0 Å². The standard InChI is InChI=1S/C47H68N2O2Si4/c1-35(2)47(36(3)4,37(5)6)41-27-31-43(32-28-41)54(11,12)51-55(13,14)50-53(9,10)34-33-52(7,8)42-29-25-40(26-30-42)46-48-44(38-21-17-15-18-22-38)45(49-46)39-23-19-16-20-24-39/h15-32,35-37H,33-34H2,1-14H3,(H,48,49). The van der Waals surface area contributed by atoms with Gasteiger partial charge in [0.1, 0.15) is 5.82 Å². The van der Waals surface area contributed by atoms with Gasteiger partial charge in [-0.1, -0.05) is 175 Å². The first-order valence-electron chi connectivity index (χ1n) is 20.5. The van der Waals surface area contributed by atoms with E-state index in [0.717, 1.165) is 39.9 Å². The van der Waals surface area contributed by atoms with Crippen LogP contribution in [0.1, 0.15) is 47.1 Å². The summed E-state index contributed by atoms with van der Waals surface area (Å²) in [5.74, 6) is 2.57. The van der Waals surface area contributed by atoms with Gasteiger partial charge in [-0.15, -0.1) is 0 Å². The molecule has 5 aromatic rings. The molecule has 0 saturated heterocycles. The van der Waals surface area contributed by atoms with Crippen molar-refractivity contribution in [1.29, 1.82) is 0 Å². The van der Waals surface area contributed by atoms with E-state index < -0.39 is 33.3 Å². The molecule has 0 spiro atoms. The van der Waals surface area contributed by atoms with Gasteiger partial charge in [-0.2, -0.15) is 0 Å². The molecular formula is C47H68N2O2Si4. The number of rotatable bonds is 16. The van der Waals surface area contributed by atoms with E-state index in [1.54, 1.807) is 0 Å². The third-order valence-corrected chi connectivity index (χ3v) is 27.3. The molecule has 0 atom stereocenters. The number of imidazole rings is 1. The molecule has 0 unspecified atom stereocenters. The Morgan fingerprint density at radius 3 is 1.55 bits per heavy atom. The van der Waals surface area contributed by atoms with Gasteiger partial charge in [0, 0.05) is 22.1 Å². The van der Waals surface area contributed by atoms with Crippen molar-refractivity contribution in [3.63, 3.8) is 0 Å². The highest BCUT2D eigenvalue weighted by Crippen LogP contribution is 2.45. The first-order valence-corrected chi connectivity index (χ1v) is 32.6. The van der Waals surface area contributed by atoms with Crippen molar-refractivity contribution in [2.45, 2.75) is 111 Å². The summed E-state index contributed by atoms with van der Waals surface area (Å²) in [6, 6.07) is 42.0. The summed E-state index contributed by atoms with van der Waals surface area (Å²) < 4.78 is 14.3. The van der Waals surface area contributed by atoms with Crippen LogP contribution in [0, 0.1) is 17.8 Å². The maximum Gasteiger partial charge on any atom is 0.311 e. The second kappa shape index (κ2) is 16.8. The monoisotopic (exact) mass is 804 g/mol. The Kier molecular flexibility index (Phi) is 13.1. The predicted octanol–water partition coefficient (Wildman–Crippen LogP) is 12.6. The lowest BCUT2D eigenvalue weighted by Gasteiger charge is -2.46. The number of aromatic nitrogens is 2. The van der Waals surface area contributed by atoms with Crippen LogP contribution in [0.3, 0.4) is 0 Å². The molecule has 1 N–H and O–H groups in total. The molecule has 0 bridgehead atoms. The van der Waals surface area contributed by atoms with Crippen LogP contribution >= 0.6 is 0 Å². The molecular weight excluding hydrogens is 737 g/mol. The van der Waals surface area contributed by atoms with Crippen molar-refractivity contribution in [2.24, 2.45) is 17.8 Å². The van der Waals surface area contributed by atoms with Crippen LogP contribution < -0.4 is 10.4 Å². The van der Waals surface area contributed by atoms with Crippen molar-refractivity contribution >= 4 is 43.6 Å². The highest BCUT2D eigenvalue weighted by atomic mass is 28.5. The Hall–Kier alpha value is -3.12. The SMILES string of the molecule is CC(C)C(c1ccc([Si](C)(C)O[Si](C)(C)O[Si](C)(C)CC[Si](C)(C)c2ccc(-c3nc(-c4ccccc4)c(-c4ccccc4)[nH]3)cc2)cc1)(C(C)C)C(C)C. The predicted molar refractivity (Wildman–Crippen MR) is 249 cm³/mol. The molecule has 0 aliphatic heterocycles. The largest absolute Gasteiger partial charge is 0.437 e. The molecule has 0 saturated carbocycles. The third kappa shape index (κ3) is 9.71. The molecule has 55 heavy (non-hydrogen) atoms. The van der Waals surface area contributed by atoms with Crippen LogP contribution in [0.2, 0.25) is 64.5 Å². The van der Waals surface area contributed by atoms with Crippen molar-refractivity contribution in [3.8, 4) is 33.9 Å². The summed E-state index contributed by atoms with van der Waals surface area (Å²) in [6.45, 7) is 33.4. The van der Waals surface area contributed by atoms with E-state index in [0.29, 0.717) is 17.8 Å². The minimum atomic E-state index is -2.40. The summed E-state index contributed by atoms with van der Waals surface area (Å²) in [4.78, 5) is 8.81. The number of nitrogens with one attached hydrogen (secondary N) is 1. The fourth-order valence-corrected chi connectivity index (χ4v) is 28.4. The molecule has 0 fully saturated rings. The van der Waals surface area contributed by atoms with E-state index in [-0.39, 0.29) is 5.41 Å². The van der Waals surface area contributed by atoms with E-state index in [9.17, 15) is 0 Å². The van der Waals surface area contributed by atoms with Crippen LogP contribution in [-0.2, 0) is 13.6 Å². The minimum absolute atomic E-state index is 0.148. The van der Waals surface area contributed by atoms with Crippen LogP contribution in [0.25, 0.3) is 33.9 Å². The fourth-order valence-electron chi connectivity index (χ4n) is 9.54. The first-order chi connectivity index (χ1) is 25.7. The van der Waals surface area contributed by atoms with E-state index >= 15 is 0 Å². The van der Waals surface area contributed by atoms with Crippen molar-refractivity contribution in [1.82, 2.24) is 9.97 Å². The lowest BCUT2D eigenvalue weighted by atomic mass is 9.58. The summed E-state index contributed by atoms with van der Waals surface area (Å²) in [6.07, 6.45) is 0. The topological polar surface area (TPSA) is 47.1 Å². The van der Waals surface area contributed by atoms with E-state index in [1.807, 2.05) is 0 Å². The number of aromatic amines is 1. The number of hydrogen-bond acceptors (Lipinski definition) is 3. The molecule has 5 rings (SSSR count). The van der Waals surface area contributed by atoms with Gasteiger partial charge in [-0.05, 0) is 73.8 Å². The third-order valence-electron chi connectivity index (χ3n) is 12.1. The summed E-state index contributed by atoms with van der Waals surface area (Å²) >= 11 is 0. The molecule has 0 aliphatic carbocycles. The van der Waals surface area contributed by atoms with Gasteiger partial charge in [-0.3, -0.25) is 0 Å². The average molecular weight is 805 g/mol. The van der Waals surface area contributed by atoms with E-state index in [4.69, 9.17) is 13.2 Å². The number of nitrogens with zero attached hydrogens (tertiary/aromatic N) is 1.